The van der Waals surface area contributed by atoms with Gasteiger partial charge >= 0.3 is 0 Å². The monoisotopic (exact) mass is 175 g/mol. The molecular weight excluding hydrogens is 156 g/mol. The molecule has 2 N–H and O–H groups in total. The highest BCUT2D eigenvalue weighted by atomic mass is 16.5. The second kappa shape index (κ2) is 3.87. The van der Waals surface area contributed by atoms with Crippen LogP contribution in [0, 0.1) is 0 Å². The van der Waals surface area contributed by atoms with Gasteiger partial charge in [-0.1, -0.05) is 6.92 Å². The lowest BCUT2D eigenvalue weighted by Crippen LogP contribution is -2.48. The zero-order valence-corrected chi connectivity index (χ0v) is 8.50. The molecule has 0 aromatic rings. The molecule has 0 saturated heterocycles. The fraction of sp³-hybridized carbons (Fsp3) is 0.875. The minimum absolute atomic E-state index is 0.530. The van der Waals surface area contributed by atoms with Crippen LogP contribution in [0.4, 0.5) is 0 Å². The van der Waals surface area contributed by atoms with Crippen LogP contribution in [-0.2, 0) is 0 Å². The van der Waals surface area contributed by atoms with E-state index in [1.54, 1.807) is 14.1 Å². The summed E-state index contributed by atoms with van der Waals surface area (Å²) < 4.78 is 1.06. The van der Waals surface area contributed by atoms with Crippen molar-refractivity contribution in [1.82, 2.24) is 5.06 Å². The molecule has 4 heteroatoms. The quantitative estimate of drug-likeness (QED) is 0.291. The van der Waals surface area contributed by atoms with Crippen LogP contribution in [0.2, 0.25) is 0 Å². The maximum absolute atomic E-state index is 9.31. The maximum Gasteiger partial charge on any atom is 0.225 e. The topological polar surface area (TPSA) is 46.7 Å². The average Bonchev–Trinajstić information content (AvgIpc) is 1.86. The Morgan fingerprint density at radius 2 is 1.92 bits per heavy atom. The molecule has 0 fully saturated rings. The van der Waals surface area contributed by atoms with Crippen molar-refractivity contribution < 1.29 is 15.2 Å². The highest BCUT2D eigenvalue weighted by Gasteiger charge is 2.35. The first-order valence-electron chi connectivity index (χ1n) is 4.05. The third-order valence-electron chi connectivity index (χ3n) is 2.24. The molecule has 0 radical (unpaired) electrons. The van der Waals surface area contributed by atoms with Crippen molar-refractivity contribution in [2.24, 2.45) is 0 Å². The first-order chi connectivity index (χ1) is 5.34. The molecule has 0 unspecified atom stereocenters. The Morgan fingerprint density at radius 1 is 1.50 bits per heavy atom. The van der Waals surface area contributed by atoms with Gasteiger partial charge < -0.3 is 5.21 Å². The Labute approximate surface area is 73.7 Å². The molecule has 0 spiro atoms. The molecule has 0 heterocycles. The van der Waals surface area contributed by atoms with Gasteiger partial charge in [-0.05, 0) is 18.6 Å². The molecule has 0 aliphatic carbocycles. The summed E-state index contributed by atoms with van der Waals surface area (Å²) in [6.45, 7) is 5.63. The van der Waals surface area contributed by atoms with Crippen LogP contribution < -0.4 is 0 Å². The molecule has 72 valence electrons. The Balaban J connectivity index is 4.86. The van der Waals surface area contributed by atoms with Gasteiger partial charge in [-0.3, -0.25) is 5.21 Å². The standard InChI is InChI=1S/C8H19N2O2/c1-6-7(9(4)11)8(2,3)10(5)12/h11-12H,6H2,1-5H3/q+1. The van der Waals surface area contributed by atoms with E-state index in [-0.39, 0.29) is 0 Å². The summed E-state index contributed by atoms with van der Waals surface area (Å²) in [5.41, 5.74) is 0.241. The predicted octanol–water partition coefficient (Wildman–Crippen LogP) is 0.968. The fourth-order valence-electron chi connectivity index (χ4n) is 1.24. The van der Waals surface area contributed by atoms with E-state index in [2.05, 4.69) is 0 Å². The average molecular weight is 175 g/mol. The molecule has 0 aromatic carbocycles. The second-order valence-corrected chi connectivity index (χ2v) is 3.41. The van der Waals surface area contributed by atoms with Gasteiger partial charge in [0.05, 0.1) is 0 Å². The lowest BCUT2D eigenvalue weighted by molar-refractivity contribution is -0.757. The van der Waals surface area contributed by atoms with Crippen molar-refractivity contribution in [2.75, 3.05) is 14.1 Å². The van der Waals surface area contributed by atoms with E-state index in [0.717, 1.165) is 15.5 Å². The Kier molecular flexibility index (Phi) is 3.67. The predicted molar refractivity (Wildman–Crippen MR) is 46.9 cm³/mol. The lowest BCUT2D eigenvalue weighted by Gasteiger charge is -2.27. The molecule has 0 saturated carbocycles. The van der Waals surface area contributed by atoms with Crippen LogP contribution in [0.25, 0.3) is 0 Å². The van der Waals surface area contributed by atoms with Gasteiger partial charge in [0.25, 0.3) is 0 Å². The molecule has 0 atom stereocenters. The Bertz CT molecular complexity index is 181. The van der Waals surface area contributed by atoms with E-state index in [4.69, 9.17) is 0 Å². The van der Waals surface area contributed by atoms with Gasteiger partial charge in [0.15, 0.2) is 7.05 Å². The van der Waals surface area contributed by atoms with Crippen LogP contribution in [0.5, 0.6) is 0 Å². The summed E-state index contributed by atoms with van der Waals surface area (Å²) in [6, 6.07) is 0. The molecule has 0 amide bonds. The van der Waals surface area contributed by atoms with Crippen molar-refractivity contribution in [3.8, 4) is 0 Å². The van der Waals surface area contributed by atoms with Crippen LogP contribution in [-0.4, -0.2) is 45.6 Å². The summed E-state index contributed by atoms with van der Waals surface area (Å²) in [6.07, 6.45) is 0.699. The molecular formula is C8H19N2O2+. The number of nitrogens with zero attached hydrogens (tertiary/aromatic N) is 2. The summed E-state index contributed by atoms with van der Waals surface area (Å²) in [5, 5.41) is 19.7. The van der Waals surface area contributed by atoms with Gasteiger partial charge in [0.2, 0.25) is 5.71 Å². The van der Waals surface area contributed by atoms with E-state index in [1.807, 2.05) is 20.8 Å². The smallest absolute Gasteiger partial charge is 0.225 e. The SMILES string of the molecule is CCC(=[N+](C)O)C(C)(C)N(C)O. The van der Waals surface area contributed by atoms with Gasteiger partial charge in [-0.25, -0.2) is 0 Å². The molecule has 0 aliphatic rings. The van der Waals surface area contributed by atoms with Crippen LogP contribution in [0.1, 0.15) is 27.2 Å². The minimum atomic E-state index is -0.530. The summed E-state index contributed by atoms with van der Waals surface area (Å²) in [4.78, 5) is 0. The third kappa shape index (κ3) is 2.19. The van der Waals surface area contributed by atoms with Crippen LogP contribution in [0.15, 0.2) is 0 Å². The fourth-order valence-corrected chi connectivity index (χ4v) is 1.24. The van der Waals surface area contributed by atoms with Gasteiger partial charge in [-0.15, -0.1) is 0 Å². The summed E-state index contributed by atoms with van der Waals surface area (Å²) in [5.74, 6) is 0. The zero-order chi connectivity index (χ0) is 9.94. The highest BCUT2D eigenvalue weighted by Crippen LogP contribution is 2.13. The number of hydroxylamine groups is 3. The van der Waals surface area contributed by atoms with Crippen molar-refractivity contribution in [2.45, 2.75) is 32.7 Å². The van der Waals surface area contributed by atoms with Gasteiger partial charge in [0, 0.05) is 13.5 Å². The van der Waals surface area contributed by atoms with E-state index < -0.39 is 5.54 Å². The molecule has 4 nitrogen and oxygen atoms in total. The molecule has 0 aliphatic heterocycles. The molecule has 0 rings (SSSR count). The summed E-state index contributed by atoms with van der Waals surface area (Å²) >= 11 is 0. The molecule has 0 aromatic heterocycles. The first kappa shape index (κ1) is 11.4. The van der Waals surface area contributed by atoms with Gasteiger partial charge in [0.1, 0.15) is 5.54 Å². The van der Waals surface area contributed by atoms with Crippen molar-refractivity contribution in [3.05, 3.63) is 0 Å². The largest absolute Gasteiger partial charge is 0.313 e. The minimum Gasteiger partial charge on any atom is -0.313 e. The van der Waals surface area contributed by atoms with E-state index in [0.29, 0.717) is 6.42 Å². The van der Waals surface area contributed by atoms with Gasteiger partial charge in [-0.2, -0.15) is 5.06 Å². The number of rotatable bonds is 3. The number of hydrogen-bond donors (Lipinski definition) is 2. The van der Waals surface area contributed by atoms with Crippen molar-refractivity contribution >= 4 is 5.71 Å². The number of hydrogen-bond acceptors (Lipinski definition) is 3. The highest BCUT2D eigenvalue weighted by molar-refractivity contribution is 5.87. The maximum atomic E-state index is 9.31. The van der Waals surface area contributed by atoms with E-state index >= 15 is 0 Å². The lowest BCUT2D eigenvalue weighted by atomic mass is 9.96. The Hall–Kier alpha value is -0.610. The first-order valence-corrected chi connectivity index (χ1v) is 4.05. The molecule has 12 heavy (non-hydrogen) atoms. The third-order valence-corrected chi connectivity index (χ3v) is 2.24. The Morgan fingerprint density at radius 3 is 2.00 bits per heavy atom. The zero-order valence-electron chi connectivity index (χ0n) is 8.50. The van der Waals surface area contributed by atoms with Crippen molar-refractivity contribution in [1.29, 1.82) is 0 Å². The van der Waals surface area contributed by atoms with Crippen molar-refractivity contribution in [3.63, 3.8) is 0 Å². The summed E-state index contributed by atoms with van der Waals surface area (Å²) in [7, 11) is 3.13. The van der Waals surface area contributed by atoms with E-state index in [9.17, 15) is 10.4 Å². The van der Waals surface area contributed by atoms with Crippen LogP contribution >= 0.6 is 0 Å². The second-order valence-electron chi connectivity index (χ2n) is 3.41. The normalized spacial score (nSPS) is 14.9. The van der Waals surface area contributed by atoms with Crippen LogP contribution in [0.3, 0.4) is 0 Å². The van der Waals surface area contributed by atoms with E-state index in [1.165, 1.54) is 0 Å². The molecule has 0 bridgehead atoms.